The molecule has 1 aromatic rings. The fourth-order valence-corrected chi connectivity index (χ4v) is 3.10. The Morgan fingerprint density at radius 2 is 2.25 bits per heavy atom. The van der Waals surface area contributed by atoms with Crippen LogP contribution in [0.4, 0.5) is 5.69 Å². The van der Waals surface area contributed by atoms with Gasteiger partial charge in [0.2, 0.25) is 0 Å². The van der Waals surface area contributed by atoms with E-state index in [1.165, 1.54) is 19.3 Å². The van der Waals surface area contributed by atoms with Gasteiger partial charge in [0.1, 0.15) is 5.69 Å². The van der Waals surface area contributed by atoms with Crippen LogP contribution in [0.5, 0.6) is 0 Å². The van der Waals surface area contributed by atoms with Gasteiger partial charge in [0.15, 0.2) is 0 Å². The van der Waals surface area contributed by atoms with Gasteiger partial charge in [-0.1, -0.05) is 6.42 Å². The number of rotatable bonds is 5. The molecule has 0 aromatic carbocycles. The quantitative estimate of drug-likeness (QED) is 0.893. The Morgan fingerprint density at radius 1 is 1.40 bits per heavy atom. The third-order valence-electron chi connectivity index (χ3n) is 4.18. The molecule has 110 valence electrons. The molecule has 1 atom stereocenters. The van der Waals surface area contributed by atoms with Crippen LogP contribution in [0.2, 0.25) is 0 Å². The van der Waals surface area contributed by atoms with Crippen molar-refractivity contribution in [1.82, 2.24) is 9.78 Å². The van der Waals surface area contributed by atoms with Crippen molar-refractivity contribution in [2.24, 2.45) is 5.92 Å². The van der Waals surface area contributed by atoms with Crippen LogP contribution in [0.25, 0.3) is 0 Å². The highest BCUT2D eigenvalue weighted by atomic mass is 79.9. The van der Waals surface area contributed by atoms with Gasteiger partial charge in [-0.15, -0.1) is 0 Å². The van der Waals surface area contributed by atoms with Gasteiger partial charge in [-0.25, -0.2) is 4.68 Å². The number of aromatic nitrogens is 2. The lowest BCUT2D eigenvalue weighted by atomic mass is 9.85. The van der Waals surface area contributed by atoms with E-state index in [1.54, 1.807) is 10.9 Å². The first-order valence-corrected chi connectivity index (χ1v) is 8.14. The summed E-state index contributed by atoms with van der Waals surface area (Å²) < 4.78 is 7.89. The molecule has 0 radical (unpaired) electrons. The number of ether oxygens (including phenoxy) is 1. The van der Waals surface area contributed by atoms with Crippen LogP contribution in [-0.4, -0.2) is 29.0 Å². The second-order valence-corrected chi connectivity index (χ2v) is 6.52. The first kappa shape index (κ1) is 14.1. The van der Waals surface area contributed by atoms with E-state index in [9.17, 15) is 4.79 Å². The lowest BCUT2D eigenvalue weighted by Crippen LogP contribution is -2.32. The summed E-state index contributed by atoms with van der Waals surface area (Å²) in [5.41, 5.74) is 0.569. The Labute approximate surface area is 126 Å². The maximum Gasteiger partial charge on any atom is 0.291 e. The number of nitrogens with one attached hydrogen (secondary N) is 1. The topological polar surface area (TPSA) is 56.1 Å². The molecule has 2 heterocycles. The number of nitrogens with zero attached hydrogens (tertiary/aromatic N) is 2. The van der Waals surface area contributed by atoms with Crippen LogP contribution in [-0.2, 0) is 11.3 Å². The molecule has 0 bridgehead atoms. The largest absolute Gasteiger partial charge is 0.377 e. The average Bonchev–Trinajstić information content (AvgIpc) is 2.89. The zero-order valence-electron chi connectivity index (χ0n) is 11.5. The van der Waals surface area contributed by atoms with E-state index in [2.05, 4.69) is 26.3 Å². The zero-order chi connectivity index (χ0) is 13.9. The zero-order valence-corrected chi connectivity index (χ0v) is 13.1. The highest BCUT2D eigenvalue weighted by Crippen LogP contribution is 2.27. The van der Waals surface area contributed by atoms with Crippen molar-refractivity contribution in [1.29, 1.82) is 0 Å². The number of anilines is 1. The first-order valence-electron chi connectivity index (χ1n) is 7.35. The van der Waals surface area contributed by atoms with E-state index in [0.717, 1.165) is 30.5 Å². The van der Waals surface area contributed by atoms with Gasteiger partial charge in [0.25, 0.3) is 5.56 Å². The summed E-state index contributed by atoms with van der Waals surface area (Å²) in [5, 5.41) is 7.45. The summed E-state index contributed by atoms with van der Waals surface area (Å²) in [5.74, 6) is 0.618. The van der Waals surface area contributed by atoms with Crippen molar-refractivity contribution in [3.8, 4) is 0 Å². The molecule has 1 N–H and O–H groups in total. The van der Waals surface area contributed by atoms with Crippen LogP contribution < -0.4 is 10.9 Å². The highest BCUT2D eigenvalue weighted by Gasteiger charge is 2.21. The van der Waals surface area contributed by atoms with E-state index >= 15 is 0 Å². The predicted octanol–water partition coefficient (Wildman–Crippen LogP) is 2.40. The van der Waals surface area contributed by atoms with E-state index in [0.29, 0.717) is 18.2 Å². The Kier molecular flexibility index (Phi) is 4.41. The molecule has 1 unspecified atom stereocenters. The van der Waals surface area contributed by atoms with Crippen LogP contribution >= 0.6 is 15.9 Å². The second kappa shape index (κ2) is 6.26. The summed E-state index contributed by atoms with van der Waals surface area (Å²) in [7, 11) is 0. The fraction of sp³-hybridized carbons (Fsp3) is 0.714. The maximum atomic E-state index is 12.4. The van der Waals surface area contributed by atoms with E-state index in [4.69, 9.17) is 4.74 Å². The van der Waals surface area contributed by atoms with Crippen LogP contribution in [0, 0.1) is 5.92 Å². The molecule has 20 heavy (non-hydrogen) atoms. The smallest absolute Gasteiger partial charge is 0.291 e. The van der Waals surface area contributed by atoms with Gasteiger partial charge in [-0.2, -0.15) is 5.10 Å². The van der Waals surface area contributed by atoms with Gasteiger partial charge >= 0.3 is 0 Å². The Morgan fingerprint density at radius 3 is 2.90 bits per heavy atom. The normalized spacial score (nSPS) is 22.8. The van der Waals surface area contributed by atoms with Crippen molar-refractivity contribution >= 4 is 21.6 Å². The van der Waals surface area contributed by atoms with E-state index < -0.39 is 0 Å². The van der Waals surface area contributed by atoms with Crippen LogP contribution in [0.1, 0.15) is 32.1 Å². The van der Waals surface area contributed by atoms with E-state index in [-0.39, 0.29) is 11.7 Å². The summed E-state index contributed by atoms with van der Waals surface area (Å²) in [6.07, 6.45) is 7.79. The fourth-order valence-electron chi connectivity index (χ4n) is 2.70. The maximum absolute atomic E-state index is 12.4. The molecule has 2 fully saturated rings. The third-order valence-corrected chi connectivity index (χ3v) is 4.79. The molecule has 3 rings (SSSR count). The van der Waals surface area contributed by atoms with Crippen LogP contribution in [0.15, 0.2) is 15.5 Å². The first-order chi connectivity index (χ1) is 9.74. The van der Waals surface area contributed by atoms with Gasteiger partial charge in [-0.3, -0.25) is 4.79 Å². The third kappa shape index (κ3) is 3.06. The molecule has 6 heteroatoms. The van der Waals surface area contributed by atoms with Gasteiger partial charge in [-0.05, 0) is 47.5 Å². The van der Waals surface area contributed by atoms with E-state index in [1.807, 2.05) is 0 Å². The SMILES string of the molecule is O=c1c(NCC2CCCO2)c(Br)cnn1CC1CCC1. The lowest BCUT2D eigenvalue weighted by molar-refractivity contribution is 0.120. The number of hydrogen-bond acceptors (Lipinski definition) is 4. The molecular formula is C14H20BrN3O2. The van der Waals surface area contributed by atoms with Gasteiger partial charge in [0, 0.05) is 19.7 Å². The molecular weight excluding hydrogens is 322 g/mol. The Balaban J connectivity index is 1.70. The molecule has 1 saturated heterocycles. The van der Waals surface area contributed by atoms with Crippen molar-refractivity contribution in [3.63, 3.8) is 0 Å². The standard InChI is InChI=1S/C14H20BrN3O2/c15-12-8-17-18(9-10-3-1-4-10)14(19)13(12)16-7-11-5-2-6-20-11/h8,10-11,16H,1-7,9H2. The van der Waals surface area contributed by atoms with Crippen molar-refractivity contribution < 1.29 is 4.74 Å². The lowest BCUT2D eigenvalue weighted by Gasteiger charge is -2.25. The van der Waals surface area contributed by atoms with Crippen molar-refractivity contribution in [3.05, 3.63) is 21.0 Å². The number of hydrogen-bond donors (Lipinski definition) is 1. The monoisotopic (exact) mass is 341 g/mol. The van der Waals surface area contributed by atoms with Crippen molar-refractivity contribution in [2.45, 2.75) is 44.8 Å². The molecule has 1 aliphatic carbocycles. The minimum atomic E-state index is -0.0377. The molecule has 0 spiro atoms. The van der Waals surface area contributed by atoms with Gasteiger partial charge in [0.05, 0.1) is 16.8 Å². The van der Waals surface area contributed by atoms with Crippen molar-refractivity contribution in [2.75, 3.05) is 18.5 Å². The summed E-state index contributed by atoms with van der Waals surface area (Å²) >= 11 is 3.41. The Hall–Kier alpha value is -0.880. The molecule has 1 aliphatic heterocycles. The predicted molar refractivity (Wildman–Crippen MR) is 81.0 cm³/mol. The molecule has 2 aliphatic rings. The minimum Gasteiger partial charge on any atom is -0.377 e. The van der Waals surface area contributed by atoms with Crippen LogP contribution in [0.3, 0.4) is 0 Å². The number of halogens is 1. The average molecular weight is 342 g/mol. The Bertz CT molecular complexity index is 522. The summed E-state index contributed by atoms with van der Waals surface area (Å²) in [6.45, 7) is 2.25. The molecule has 1 aromatic heterocycles. The summed E-state index contributed by atoms with van der Waals surface area (Å²) in [4.78, 5) is 12.4. The molecule has 5 nitrogen and oxygen atoms in total. The summed E-state index contributed by atoms with van der Waals surface area (Å²) in [6, 6.07) is 0. The molecule has 0 amide bonds. The van der Waals surface area contributed by atoms with Gasteiger partial charge < -0.3 is 10.1 Å². The molecule has 1 saturated carbocycles. The minimum absolute atomic E-state index is 0.0377. The second-order valence-electron chi connectivity index (χ2n) is 5.67. The highest BCUT2D eigenvalue weighted by molar-refractivity contribution is 9.10.